The second-order valence-corrected chi connectivity index (χ2v) is 6.38. The molecule has 0 aliphatic rings. The number of rotatable bonds is 10. The van der Waals surface area contributed by atoms with Crippen molar-refractivity contribution in [1.82, 2.24) is 10.6 Å². The van der Waals surface area contributed by atoms with Gasteiger partial charge in [0.25, 0.3) is 0 Å². The van der Waals surface area contributed by atoms with Gasteiger partial charge in [0.15, 0.2) is 5.96 Å². The summed E-state index contributed by atoms with van der Waals surface area (Å²) in [6, 6.07) is 18.7. The molecule has 2 aromatic rings. The number of benzene rings is 2. The van der Waals surface area contributed by atoms with Gasteiger partial charge in [-0.15, -0.1) is 0 Å². The molecule has 0 spiro atoms. The summed E-state index contributed by atoms with van der Waals surface area (Å²) in [5.74, 6) is 0.798. The molecule has 146 valence electrons. The molecule has 0 saturated carbocycles. The molecule has 0 amide bonds. The Morgan fingerprint density at radius 2 is 1.70 bits per heavy atom. The van der Waals surface area contributed by atoms with Gasteiger partial charge in [-0.05, 0) is 30.0 Å². The molecule has 2 N–H and O–H groups in total. The van der Waals surface area contributed by atoms with Gasteiger partial charge in [0.05, 0.1) is 12.7 Å². The number of methoxy groups -OCH3 is 1. The molecular weight excluding hydrogens is 338 g/mol. The van der Waals surface area contributed by atoms with Gasteiger partial charge in [0, 0.05) is 33.9 Å². The van der Waals surface area contributed by atoms with Gasteiger partial charge in [0.2, 0.25) is 0 Å². The van der Waals surface area contributed by atoms with E-state index in [2.05, 4.69) is 58.9 Å². The Balaban J connectivity index is 1.62. The normalized spacial score (nSPS) is 12.6. The monoisotopic (exact) mass is 369 g/mol. The highest BCUT2D eigenvalue weighted by molar-refractivity contribution is 5.79. The molecule has 0 heterocycles. The first-order valence-electron chi connectivity index (χ1n) is 9.40. The lowest BCUT2D eigenvalue weighted by atomic mass is 10.1. The van der Waals surface area contributed by atoms with Gasteiger partial charge in [-0.25, -0.2) is 0 Å². The molecule has 2 rings (SSSR count). The highest BCUT2D eigenvalue weighted by Gasteiger charge is 2.04. The molecule has 5 nitrogen and oxygen atoms in total. The highest BCUT2D eigenvalue weighted by Crippen LogP contribution is 2.15. The third kappa shape index (κ3) is 7.81. The van der Waals surface area contributed by atoms with E-state index in [0.717, 1.165) is 25.5 Å². The second kappa shape index (κ2) is 12.1. The Labute approximate surface area is 162 Å². The van der Waals surface area contributed by atoms with Crippen LogP contribution in [-0.4, -0.2) is 33.3 Å². The molecule has 0 aliphatic carbocycles. The minimum absolute atomic E-state index is 0.115. The molecule has 2 aromatic carbocycles. The summed E-state index contributed by atoms with van der Waals surface area (Å²) in [6.07, 6.45) is 1.04. The van der Waals surface area contributed by atoms with Crippen LogP contribution in [-0.2, 0) is 22.6 Å². The molecule has 0 saturated heterocycles. The first-order valence-corrected chi connectivity index (χ1v) is 9.40. The molecule has 5 heteroatoms. The fourth-order valence-corrected chi connectivity index (χ4v) is 2.69. The summed E-state index contributed by atoms with van der Waals surface area (Å²) in [5.41, 5.74) is 3.59. The Morgan fingerprint density at radius 3 is 2.37 bits per heavy atom. The fourth-order valence-electron chi connectivity index (χ4n) is 2.69. The van der Waals surface area contributed by atoms with E-state index < -0.39 is 0 Å². The maximum absolute atomic E-state index is 5.89. The molecule has 0 fully saturated rings. The molecule has 1 unspecified atom stereocenters. The summed E-state index contributed by atoms with van der Waals surface area (Å²) < 4.78 is 11.0. The Morgan fingerprint density at radius 1 is 1.00 bits per heavy atom. The van der Waals surface area contributed by atoms with Crippen molar-refractivity contribution in [3.8, 4) is 0 Å². The number of guanidine groups is 1. The van der Waals surface area contributed by atoms with Crippen LogP contribution in [0.1, 0.15) is 36.1 Å². The fraction of sp³-hybridized carbons (Fsp3) is 0.409. The molecule has 0 aromatic heterocycles. The van der Waals surface area contributed by atoms with Crippen LogP contribution in [0.15, 0.2) is 59.6 Å². The lowest BCUT2D eigenvalue weighted by Crippen LogP contribution is -2.37. The van der Waals surface area contributed by atoms with E-state index in [1.165, 1.54) is 16.7 Å². The Kier molecular flexibility index (Phi) is 9.38. The third-order valence-corrected chi connectivity index (χ3v) is 4.27. The maximum Gasteiger partial charge on any atom is 0.191 e. The van der Waals surface area contributed by atoms with Crippen LogP contribution < -0.4 is 10.6 Å². The predicted octanol–water partition coefficient (Wildman–Crippen LogP) is 3.67. The van der Waals surface area contributed by atoms with E-state index in [9.17, 15) is 0 Å². The average molecular weight is 370 g/mol. The number of nitrogens with zero attached hydrogens (tertiary/aromatic N) is 1. The molecule has 0 bridgehead atoms. The molecule has 27 heavy (non-hydrogen) atoms. The van der Waals surface area contributed by atoms with Crippen LogP contribution in [0, 0.1) is 0 Å². The van der Waals surface area contributed by atoms with E-state index >= 15 is 0 Å². The molecular formula is C22H31N3O2. The van der Waals surface area contributed by atoms with Crippen LogP contribution in [0.3, 0.4) is 0 Å². The van der Waals surface area contributed by atoms with Crippen LogP contribution >= 0.6 is 0 Å². The van der Waals surface area contributed by atoms with Gasteiger partial charge in [-0.1, -0.05) is 54.6 Å². The predicted molar refractivity (Wildman–Crippen MR) is 111 cm³/mol. The van der Waals surface area contributed by atoms with Crippen molar-refractivity contribution in [1.29, 1.82) is 0 Å². The van der Waals surface area contributed by atoms with E-state index in [4.69, 9.17) is 9.47 Å². The van der Waals surface area contributed by atoms with Crippen LogP contribution in [0.5, 0.6) is 0 Å². The lowest BCUT2D eigenvalue weighted by Gasteiger charge is -2.15. The molecule has 1 atom stereocenters. The zero-order chi connectivity index (χ0) is 19.3. The summed E-state index contributed by atoms with van der Waals surface area (Å²) in [4.78, 5) is 4.26. The third-order valence-electron chi connectivity index (χ3n) is 4.27. The quantitative estimate of drug-likeness (QED) is 0.381. The average Bonchev–Trinajstić information content (AvgIpc) is 2.72. The van der Waals surface area contributed by atoms with Crippen LogP contribution in [0.25, 0.3) is 0 Å². The van der Waals surface area contributed by atoms with Crippen molar-refractivity contribution in [3.63, 3.8) is 0 Å². The van der Waals surface area contributed by atoms with Crippen molar-refractivity contribution in [2.24, 2.45) is 4.99 Å². The molecule has 0 radical (unpaired) electrons. The van der Waals surface area contributed by atoms with Crippen LogP contribution in [0.2, 0.25) is 0 Å². The van der Waals surface area contributed by atoms with Crippen molar-refractivity contribution in [3.05, 3.63) is 71.3 Å². The summed E-state index contributed by atoms with van der Waals surface area (Å²) in [5, 5.41) is 6.65. The van der Waals surface area contributed by atoms with E-state index in [1.807, 2.05) is 18.2 Å². The van der Waals surface area contributed by atoms with Crippen LogP contribution in [0.4, 0.5) is 0 Å². The zero-order valence-electron chi connectivity index (χ0n) is 16.6. The largest absolute Gasteiger partial charge is 0.380 e. The molecule has 0 aliphatic heterocycles. The number of ether oxygens (including phenoxy) is 2. The highest BCUT2D eigenvalue weighted by atomic mass is 16.5. The van der Waals surface area contributed by atoms with Crippen molar-refractivity contribution >= 4 is 5.96 Å². The van der Waals surface area contributed by atoms with Crippen molar-refractivity contribution in [2.45, 2.75) is 32.6 Å². The zero-order valence-corrected chi connectivity index (χ0v) is 16.6. The Bertz CT molecular complexity index is 672. The maximum atomic E-state index is 5.89. The van der Waals surface area contributed by atoms with Gasteiger partial charge < -0.3 is 20.1 Å². The SMILES string of the molecule is CN=C(NCCCOC(C)c1ccccc1)NCc1ccc(COC)cc1. The minimum atomic E-state index is 0.115. The minimum Gasteiger partial charge on any atom is -0.380 e. The van der Waals surface area contributed by atoms with Gasteiger partial charge in [-0.3, -0.25) is 4.99 Å². The van der Waals surface area contributed by atoms with Gasteiger partial charge >= 0.3 is 0 Å². The van der Waals surface area contributed by atoms with Crippen molar-refractivity contribution in [2.75, 3.05) is 27.3 Å². The van der Waals surface area contributed by atoms with E-state index in [0.29, 0.717) is 13.2 Å². The number of hydrogen-bond acceptors (Lipinski definition) is 3. The number of nitrogens with one attached hydrogen (secondary N) is 2. The summed E-state index contributed by atoms with van der Waals surface area (Å²) in [7, 11) is 3.49. The van der Waals surface area contributed by atoms with Crippen molar-refractivity contribution < 1.29 is 9.47 Å². The first-order chi connectivity index (χ1) is 13.2. The van der Waals surface area contributed by atoms with Gasteiger partial charge in [-0.2, -0.15) is 0 Å². The number of hydrogen-bond donors (Lipinski definition) is 2. The topological polar surface area (TPSA) is 54.9 Å². The Hall–Kier alpha value is -2.37. The summed E-state index contributed by atoms with van der Waals surface area (Å²) >= 11 is 0. The smallest absolute Gasteiger partial charge is 0.191 e. The summed E-state index contributed by atoms with van der Waals surface area (Å²) in [6.45, 7) is 4.98. The lowest BCUT2D eigenvalue weighted by molar-refractivity contribution is 0.0646. The van der Waals surface area contributed by atoms with E-state index in [1.54, 1.807) is 14.2 Å². The first kappa shape index (κ1) is 20.9. The number of aliphatic imine (C=N–C) groups is 1. The van der Waals surface area contributed by atoms with Gasteiger partial charge in [0.1, 0.15) is 0 Å². The standard InChI is InChI=1S/C22H31N3O2/c1-18(21-8-5-4-6-9-21)27-15-7-14-24-22(23-2)25-16-19-10-12-20(13-11-19)17-26-3/h4-6,8-13,18H,7,14-17H2,1-3H3,(H2,23,24,25). The van der Waals surface area contributed by atoms with E-state index in [-0.39, 0.29) is 6.10 Å². The second-order valence-electron chi connectivity index (χ2n) is 6.38.